The number of hydrogen-bond donors (Lipinski definition) is 0. The molecule has 1 atom stereocenters. The Morgan fingerprint density at radius 2 is 2.19 bits per heavy atom. The Labute approximate surface area is 127 Å². The van der Waals surface area contributed by atoms with Crippen molar-refractivity contribution in [1.82, 2.24) is 9.97 Å². The van der Waals surface area contributed by atoms with Gasteiger partial charge in [-0.1, -0.05) is 11.6 Å². The molecule has 1 aliphatic rings. The van der Waals surface area contributed by atoms with Gasteiger partial charge < -0.3 is 9.32 Å². The van der Waals surface area contributed by atoms with E-state index in [1.807, 2.05) is 30.3 Å². The van der Waals surface area contributed by atoms with E-state index in [1.165, 1.54) is 0 Å². The van der Waals surface area contributed by atoms with Crippen LogP contribution in [0.3, 0.4) is 0 Å². The van der Waals surface area contributed by atoms with Crippen LogP contribution < -0.4 is 4.90 Å². The Morgan fingerprint density at radius 1 is 1.24 bits per heavy atom. The van der Waals surface area contributed by atoms with E-state index >= 15 is 0 Å². The summed E-state index contributed by atoms with van der Waals surface area (Å²) in [6.45, 7) is 0.972. The molecule has 1 aliphatic heterocycles. The second kappa shape index (κ2) is 5.04. The van der Waals surface area contributed by atoms with Crippen molar-refractivity contribution in [2.24, 2.45) is 0 Å². The second-order valence-corrected chi connectivity index (χ2v) is 5.66. The summed E-state index contributed by atoms with van der Waals surface area (Å²) in [6.07, 6.45) is 5.53. The van der Waals surface area contributed by atoms with Crippen LogP contribution >= 0.6 is 11.6 Å². The van der Waals surface area contributed by atoms with E-state index in [0.717, 1.165) is 41.9 Å². The smallest absolute Gasteiger partial charge is 0.140 e. The van der Waals surface area contributed by atoms with E-state index in [-0.39, 0.29) is 6.04 Å². The molecule has 0 spiro atoms. The van der Waals surface area contributed by atoms with Gasteiger partial charge in [-0.3, -0.25) is 0 Å². The molecule has 1 aromatic carbocycles. The molecule has 0 bridgehead atoms. The van der Waals surface area contributed by atoms with Crippen LogP contribution in [0.5, 0.6) is 0 Å². The van der Waals surface area contributed by atoms with Gasteiger partial charge in [0, 0.05) is 17.0 Å². The Bertz CT molecular complexity index is 772. The maximum Gasteiger partial charge on any atom is 0.140 e. The normalized spacial score (nSPS) is 18.5. The summed E-state index contributed by atoms with van der Waals surface area (Å²) < 4.78 is 5.59. The lowest BCUT2D eigenvalue weighted by atomic mass is 10.1. The molecule has 2 aromatic heterocycles. The van der Waals surface area contributed by atoms with E-state index in [9.17, 15) is 0 Å². The summed E-state index contributed by atoms with van der Waals surface area (Å²) in [6, 6.07) is 9.96. The number of rotatable bonds is 2. The lowest BCUT2D eigenvalue weighted by molar-refractivity contribution is 0.465. The summed E-state index contributed by atoms with van der Waals surface area (Å²) in [5.41, 5.74) is 0.873. The number of fused-ring (bicyclic) bond motifs is 1. The number of furan rings is 1. The number of anilines is 1. The average molecular weight is 300 g/mol. The van der Waals surface area contributed by atoms with Gasteiger partial charge in [-0.15, -0.1) is 0 Å². The van der Waals surface area contributed by atoms with E-state index in [4.69, 9.17) is 16.0 Å². The fraction of sp³-hybridized carbons (Fsp3) is 0.250. The van der Waals surface area contributed by atoms with Crippen molar-refractivity contribution in [2.75, 3.05) is 11.4 Å². The van der Waals surface area contributed by atoms with Crippen molar-refractivity contribution in [1.29, 1.82) is 0 Å². The number of aromatic nitrogens is 2. The molecule has 1 saturated heterocycles. The molecule has 1 fully saturated rings. The minimum Gasteiger partial charge on any atom is -0.467 e. The number of nitrogens with zero attached hydrogens (tertiary/aromatic N) is 3. The molecule has 4 nitrogen and oxygen atoms in total. The quantitative estimate of drug-likeness (QED) is 0.710. The first kappa shape index (κ1) is 12.7. The number of halogens is 1. The van der Waals surface area contributed by atoms with E-state index in [1.54, 1.807) is 12.6 Å². The van der Waals surface area contributed by atoms with Crippen molar-refractivity contribution in [3.8, 4) is 0 Å². The van der Waals surface area contributed by atoms with Gasteiger partial charge >= 0.3 is 0 Å². The highest BCUT2D eigenvalue weighted by atomic mass is 35.5. The molecule has 0 aliphatic carbocycles. The van der Waals surface area contributed by atoms with E-state index in [2.05, 4.69) is 14.9 Å². The topological polar surface area (TPSA) is 42.2 Å². The summed E-state index contributed by atoms with van der Waals surface area (Å²) >= 11 is 6.05. The maximum absolute atomic E-state index is 6.05. The predicted octanol–water partition coefficient (Wildman–Crippen LogP) is 4.22. The molecule has 3 heterocycles. The first-order chi connectivity index (χ1) is 10.3. The first-order valence-corrected chi connectivity index (χ1v) is 7.41. The highest BCUT2D eigenvalue weighted by molar-refractivity contribution is 6.31. The van der Waals surface area contributed by atoms with Crippen molar-refractivity contribution in [3.63, 3.8) is 0 Å². The molecule has 0 radical (unpaired) electrons. The van der Waals surface area contributed by atoms with Gasteiger partial charge in [0.1, 0.15) is 17.9 Å². The predicted molar refractivity (Wildman–Crippen MR) is 82.6 cm³/mol. The van der Waals surface area contributed by atoms with Crippen molar-refractivity contribution < 1.29 is 4.42 Å². The molecule has 21 heavy (non-hydrogen) atoms. The van der Waals surface area contributed by atoms with Crippen LogP contribution in [0.4, 0.5) is 5.82 Å². The minimum atomic E-state index is 0.244. The zero-order valence-electron chi connectivity index (χ0n) is 11.4. The maximum atomic E-state index is 6.05. The zero-order chi connectivity index (χ0) is 14.2. The van der Waals surface area contributed by atoms with Crippen LogP contribution in [0, 0.1) is 0 Å². The highest BCUT2D eigenvalue weighted by Gasteiger charge is 2.30. The molecule has 0 amide bonds. The molecule has 106 valence electrons. The standard InChI is InChI=1S/C16H14ClN3O/c17-11-5-6-12-13(9-11)18-10-19-16(12)20-7-1-3-14(20)15-4-2-8-21-15/h2,4-6,8-10,14H,1,3,7H2. The van der Waals surface area contributed by atoms with Gasteiger partial charge in [0.05, 0.1) is 17.8 Å². The summed E-state index contributed by atoms with van der Waals surface area (Å²) in [5.74, 6) is 1.95. The lowest BCUT2D eigenvalue weighted by Crippen LogP contribution is -2.23. The van der Waals surface area contributed by atoms with Gasteiger partial charge in [-0.05, 0) is 43.2 Å². The third kappa shape index (κ3) is 2.16. The Hall–Kier alpha value is -2.07. The summed E-state index contributed by atoms with van der Waals surface area (Å²) in [5, 5.41) is 1.72. The SMILES string of the molecule is Clc1ccc2c(N3CCCC3c3ccco3)ncnc2c1. The van der Waals surface area contributed by atoms with Crippen molar-refractivity contribution in [2.45, 2.75) is 18.9 Å². The summed E-state index contributed by atoms with van der Waals surface area (Å²) in [7, 11) is 0. The second-order valence-electron chi connectivity index (χ2n) is 5.23. The largest absolute Gasteiger partial charge is 0.467 e. The fourth-order valence-corrected chi connectivity index (χ4v) is 3.21. The van der Waals surface area contributed by atoms with Crippen LogP contribution in [0.2, 0.25) is 5.02 Å². The molecular weight excluding hydrogens is 286 g/mol. The van der Waals surface area contributed by atoms with Crippen molar-refractivity contribution >= 4 is 28.3 Å². The summed E-state index contributed by atoms with van der Waals surface area (Å²) in [4.78, 5) is 11.1. The van der Waals surface area contributed by atoms with Crippen LogP contribution in [-0.2, 0) is 0 Å². The third-order valence-corrected chi connectivity index (χ3v) is 4.21. The Balaban J connectivity index is 1.82. The third-order valence-electron chi connectivity index (χ3n) is 3.97. The minimum absolute atomic E-state index is 0.244. The molecule has 4 rings (SSSR count). The van der Waals surface area contributed by atoms with Crippen LogP contribution in [0.1, 0.15) is 24.6 Å². The van der Waals surface area contributed by atoms with Gasteiger partial charge in [0.15, 0.2) is 0 Å². The molecule has 1 unspecified atom stereocenters. The van der Waals surface area contributed by atoms with Crippen molar-refractivity contribution in [3.05, 3.63) is 53.7 Å². The van der Waals surface area contributed by atoms with E-state index < -0.39 is 0 Å². The van der Waals surface area contributed by atoms with Crippen LogP contribution in [0.15, 0.2) is 47.3 Å². The molecule has 0 saturated carbocycles. The number of benzene rings is 1. The average Bonchev–Trinajstić information content (AvgIpc) is 3.17. The van der Waals surface area contributed by atoms with Gasteiger partial charge in [0.2, 0.25) is 0 Å². The lowest BCUT2D eigenvalue weighted by Gasteiger charge is -2.25. The molecule has 0 N–H and O–H groups in total. The zero-order valence-corrected chi connectivity index (χ0v) is 12.1. The Morgan fingerprint density at radius 3 is 3.05 bits per heavy atom. The van der Waals surface area contributed by atoms with Gasteiger partial charge in [-0.25, -0.2) is 9.97 Å². The molecular formula is C16H14ClN3O. The fourth-order valence-electron chi connectivity index (χ4n) is 3.04. The molecule has 3 aromatic rings. The number of hydrogen-bond acceptors (Lipinski definition) is 4. The van der Waals surface area contributed by atoms with E-state index in [0.29, 0.717) is 5.02 Å². The van der Waals surface area contributed by atoms with Crippen LogP contribution in [0.25, 0.3) is 10.9 Å². The van der Waals surface area contributed by atoms with Gasteiger partial charge in [0.25, 0.3) is 0 Å². The first-order valence-electron chi connectivity index (χ1n) is 7.03. The van der Waals surface area contributed by atoms with Gasteiger partial charge in [-0.2, -0.15) is 0 Å². The highest BCUT2D eigenvalue weighted by Crippen LogP contribution is 2.38. The van der Waals surface area contributed by atoms with Crippen LogP contribution in [-0.4, -0.2) is 16.5 Å². The monoisotopic (exact) mass is 299 g/mol. The molecule has 5 heteroatoms. The Kier molecular flexibility index (Phi) is 3.04.